The molecule has 0 aliphatic heterocycles. The number of aromatic carboxylic acids is 1. The van der Waals surface area contributed by atoms with Gasteiger partial charge in [-0.2, -0.15) is 0 Å². The van der Waals surface area contributed by atoms with Crippen LogP contribution in [0.15, 0.2) is 18.5 Å². The van der Waals surface area contributed by atoms with Crippen LogP contribution in [0.4, 0.5) is 4.79 Å². The molecular weight excluding hydrogens is 260 g/mol. The molecule has 0 unspecified atom stereocenters. The number of alkyl carbamates (subject to hydrolysis) is 1. The summed E-state index contributed by atoms with van der Waals surface area (Å²) in [6.07, 6.45) is 3.81. The minimum absolute atomic E-state index is 0.169. The number of nitrogens with zero attached hydrogens (tertiary/aromatic N) is 1. The van der Waals surface area contributed by atoms with E-state index in [1.54, 1.807) is 33.0 Å². The first-order chi connectivity index (χ1) is 9.28. The summed E-state index contributed by atoms with van der Waals surface area (Å²) in [6.45, 7) is 5.87. The number of hydrogen-bond acceptors (Lipinski definition) is 4. The van der Waals surface area contributed by atoms with Crippen LogP contribution in [0.2, 0.25) is 0 Å². The summed E-state index contributed by atoms with van der Waals surface area (Å²) in [5.74, 6) is -0.994. The number of pyridine rings is 1. The quantitative estimate of drug-likeness (QED) is 0.807. The Balaban J connectivity index is 2.33. The molecule has 110 valence electrons. The van der Waals surface area contributed by atoms with Gasteiger partial charge in [0.1, 0.15) is 5.60 Å². The molecule has 1 amide bonds. The van der Waals surface area contributed by atoms with Gasteiger partial charge in [-0.15, -0.1) is 0 Å². The van der Waals surface area contributed by atoms with Gasteiger partial charge in [-0.25, -0.2) is 9.59 Å². The molecule has 0 spiro atoms. The Morgan fingerprint density at radius 3 is 2.65 bits per heavy atom. The summed E-state index contributed by atoms with van der Waals surface area (Å²) < 4.78 is 5.10. The molecule has 2 N–H and O–H groups in total. The van der Waals surface area contributed by atoms with E-state index in [-0.39, 0.29) is 5.56 Å². The predicted octanol–water partition coefficient (Wildman–Crippen LogP) is 2.24. The van der Waals surface area contributed by atoms with E-state index in [1.807, 2.05) is 0 Å². The van der Waals surface area contributed by atoms with Gasteiger partial charge in [0, 0.05) is 18.9 Å². The third kappa shape index (κ3) is 6.17. The number of nitrogens with one attached hydrogen (secondary N) is 1. The van der Waals surface area contributed by atoms with E-state index in [4.69, 9.17) is 9.84 Å². The third-order valence-corrected chi connectivity index (χ3v) is 2.35. The van der Waals surface area contributed by atoms with Crippen LogP contribution in [0, 0.1) is 0 Å². The van der Waals surface area contributed by atoms with Crippen LogP contribution in [-0.4, -0.2) is 34.3 Å². The van der Waals surface area contributed by atoms with Crippen LogP contribution in [-0.2, 0) is 11.2 Å². The standard InChI is InChI=1S/C14H20N2O4/c1-14(2,3)20-13(19)16-6-4-5-10-7-11(12(17)18)9-15-8-10/h7-9H,4-6H2,1-3H3,(H,16,19)(H,17,18). The van der Waals surface area contributed by atoms with Gasteiger partial charge >= 0.3 is 12.1 Å². The van der Waals surface area contributed by atoms with Gasteiger partial charge in [-0.3, -0.25) is 4.98 Å². The maximum absolute atomic E-state index is 11.4. The number of carboxylic acids is 1. The Hall–Kier alpha value is -2.11. The van der Waals surface area contributed by atoms with Crippen LogP contribution in [0.1, 0.15) is 43.1 Å². The molecule has 0 bridgehead atoms. The van der Waals surface area contributed by atoms with Gasteiger partial charge < -0.3 is 15.2 Å². The molecule has 0 aliphatic rings. The highest BCUT2D eigenvalue weighted by Gasteiger charge is 2.15. The van der Waals surface area contributed by atoms with Crippen LogP contribution < -0.4 is 5.32 Å². The lowest BCUT2D eigenvalue weighted by Crippen LogP contribution is -2.33. The summed E-state index contributed by atoms with van der Waals surface area (Å²) in [5.41, 5.74) is 0.489. The van der Waals surface area contributed by atoms with Crippen LogP contribution in [0.5, 0.6) is 0 Å². The maximum Gasteiger partial charge on any atom is 0.407 e. The van der Waals surface area contributed by atoms with Crippen molar-refractivity contribution in [1.82, 2.24) is 10.3 Å². The average Bonchev–Trinajstić information content (AvgIpc) is 2.33. The highest BCUT2D eigenvalue weighted by molar-refractivity contribution is 5.87. The molecule has 20 heavy (non-hydrogen) atoms. The van der Waals surface area contributed by atoms with Gasteiger partial charge in [0.05, 0.1) is 5.56 Å². The number of carbonyl (C=O) groups is 2. The smallest absolute Gasteiger partial charge is 0.407 e. The first-order valence-corrected chi connectivity index (χ1v) is 6.42. The van der Waals surface area contributed by atoms with E-state index < -0.39 is 17.7 Å². The van der Waals surface area contributed by atoms with E-state index in [1.165, 1.54) is 6.20 Å². The van der Waals surface area contributed by atoms with Crippen molar-refractivity contribution < 1.29 is 19.4 Å². The minimum atomic E-state index is -0.994. The molecule has 0 aliphatic carbocycles. The van der Waals surface area contributed by atoms with Crippen LogP contribution >= 0.6 is 0 Å². The Labute approximate surface area is 118 Å². The molecule has 1 rings (SSSR count). The number of amides is 1. The largest absolute Gasteiger partial charge is 0.478 e. The number of carboxylic acid groups (broad SMARTS) is 1. The topological polar surface area (TPSA) is 88.5 Å². The summed E-state index contributed by atoms with van der Waals surface area (Å²) in [5, 5.41) is 11.5. The Kier molecular flexibility index (Phi) is 5.49. The highest BCUT2D eigenvalue weighted by Crippen LogP contribution is 2.07. The molecule has 0 saturated carbocycles. The first kappa shape index (κ1) is 15.9. The van der Waals surface area contributed by atoms with E-state index in [2.05, 4.69) is 10.3 Å². The second kappa shape index (κ2) is 6.88. The minimum Gasteiger partial charge on any atom is -0.478 e. The molecule has 0 fully saturated rings. The van der Waals surface area contributed by atoms with Crippen molar-refractivity contribution >= 4 is 12.1 Å². The van der Waals surface area contributed by atoms with Gasteiger partial charge in [0.2, 0.25) is 0 Å². The van der Waals surface area contributed by atoms with Crippen molar-refractivity contribution in [2.45, 2.75) is 39.2 Å². The Bertz CT molecular complexity index is 480. The van der Waals surface area contributed by atoms with Crippen molar-refractivity contribution in [2.75, 3.05) is 6.54 Å². The highest BCUT2D eigenvalue weighted by atomic mass is 16.6. The molecular formula is C14H20N2O4. The predicted molar refractivity (Wildman–Crippen MR) is 73.8 cm³/mol. The summed E-state index contributed by atoms with van der Waals surface area (Å²) in [7, 11) is 0. The number of rotatable bonds is 5. The van der Waals surface area contributed by atoms with Crippen LogP contribution in [0.25, 0.3) is 0 Å². The maximum atomic E-state index is 11.4. The van der Waals surface area contributed by atoms with Crippen molar-refractivity contribution in [3.8, 4) is 0 Å². The van der Waals surface area contributed by atoms with Gasteiger partial charge in [0.25, 0.3) is 0 Å². The molecule has 0 atom stereocenters. The SMILES string of the molecule is CC(C)(C)OC(=O)NCCCc1cncc(C(=O)O)c1. The molecule has 1 aromatic rings. The van der Waals surface area contributed by atoms with Crippen LogP contribution in [0.3, 0.4) is 0 Å². The zero-order valence-corrected chi connectivity index (χ0v) is 12.0. The number of hydrogen-bond donors (Lipinski definition) is 2. The second-order valence-electron chi connectivity index (χ2n) is 5.42. The number of aromatic nitrogens is 1. The van der Waals surface area contributed by atoms with Crippen molar-refractivity contribution in [3.63, 3.8) is 0 Å². The van der Waals surface area contributed by atoms with Gasteiger partial charge in [0.15, 0.2) is 0 Å². The van der Waals surface area contributed by atoms with Gasteiger partial charge in [-0.05, 0) is 45.2 Å². The van der Waals surface area contributed by atoms with E-state index in [0.29, 0.717) is 19.4 Å². The second-order valence-corrected chi connectivity index (χ2v) is 5.42. The fraction of sp³-hybridized carbons (Fsp3) is 0.500. The zero-order chi connectivity index (χ0) is 15.2. The molecule has 0 aromatic carbocycles. The summed E-state index contributed by atoms with van der Waals surface area (Å²) in [6, 6.07) is 1.59. The molecule has 6 heteroatoms. The molecule has 6 nitrogen and oxygen atoms in total. The molecule has 0 saturated heterocycles. The first-order valence-electron chi connectivity index (χ1n) is 6.42. The lowest BCUT2D eigenvalue weighted by atomic mass is 10.1. The van der Waals surface area contributed by atoms with Crippen molar-refractivity contribution in [1.29, 1.82) is 0 Å². The normalized spacial score (nSPS) is 10.9. The monoisotopic (exact) mass is 280 g/mol. The molecule has 0 radical (unpaired) electrons. The van der Waals surface area contributed by atoms with Gasteiger partial charge in [-0.1, -0.05) is 0 Å². The van der Waals surface area contributed by atoms with E-state index in [0.717, 1.165) is 5.56 Å². The van der Waals surface area contributed by atoms with Crippen molar-refractivity contribution in [2.24, 2.45) is 0 Å². The molecule has 1 aromatic heterocycles. The number of carbonyl (C=O) groups excluding carboxylic acids is 1. The Morgan fingerprint density at radius 2 is 2.05 bits per heavy atom. The fourth-order valence-electron chi connectivity index (χ4n) is 1.54. The lowest BCUT2D eigenvalue weighted by Gasteiger charge is -2.19. The summed E-state index contributed by atoms with van der Waals surface area (Å²) in [4.78, 5) is 26.1. The zero-order valence-electron chi connectivity index (χ0n) is 12.0. The number of aryl methyl sites for hydroxylation is 1. The Morgan fingerprint density at radius 1 is 1.35 bits per heavy atom. The van der Waals surface area contributed by atoms with E-state index >= 15 is 0 Å². The third-order valence-electron chi connectivity index (χ3n) is 2.35. The fourth-order valence-corrected chi connectivity index (χ4v) is 1.54. The average molecular weight is 280 g/mol. The lowest BCUT2D eigenvalue weighted by molar-refractivity contribution is 0.0526. The van der Waals surface area contributed by atoms with E-state index in [9.17, 15) is 9.59 Å². The molecule has 1 heterocycles. The van der Waals surface area contributed by atoms with Crippen molar-refractivity contribution in [3.05, 3.63) is 29.6 Å². The number of ether oxygens (including phenoxy) is 1. The summed E-state index contributed by atoms with van der Waals surface area (Å²) >= 11 is 0.